The van der Waals surface area contributed by atoms with Crippen molar-refractivity contribution in [2.75, 3.05) is 6.54 Å². The van der Waals surface area contributed by atoms with E-state index in [1.807, 2.05) is 38.1 Å². The number of nitrogens with zero attached hydrogens (tertiary/aromatic N) is 2. The fraction of sp³-hybridized carbons (Fsp3) is 0.381. The van der Waals surface area contributed by atoms with Gasteiger partial charge in [-0.25, -0.2) is 9.50 Å². The molecule has 0 radical (unpaired) electrons. The van der Waals surface area contributed by atoms with E-state index < -0.39 is 0 Å². The van der Waals surface area contributed by atoms with Gasteiger partial charge in [-0.3, -0.25) is 14.7 Å². The fourth-order valence-electron chi connectivity index (χ4n) is 3.01. The number of fused-ring (bicyclic) bond motifs is 1. The van der Waals surface area contributed by atoms with Gasteiger partial charge in [0, 0.05) is 30.4 Å². The maximum absolute atomic E-state index is 12.9. The summed E-state index contributed by atoms with van der Waals surface area (Å²) in [6.07, 6.45) is 2.96. The Morgan fingerprint density at radius 2 is 1.93 bits per heavy atom. The van der Waals surface area contributed by atoms with Crippen molar-refractivity contribution in [1.82, 2.24) is 19.9 Å². The Balaban J connectivity index is 1.91. The lowest BCUT2D eigenvalue weighted by Crippen LogP contribution is -2.26. The third-order valence-corrected chi connectivity index (χ3v) is 4.72. The zero-order valence-electron chi connectivity index (χ0n) is 16.3. The Labute approximate surface area is 158 Å². The van der Waals surface area contributed by atoms with Crippen LogP contribution in [0.4, 0.5) is 0 Å². The highest BCUT2D eigenvalue weighted by Crippen LogP contribution is 2.13. The van der Waals surface area contributed by atoms with E-state index in [2.05, 4.69) is 29.2 Å². The highest BCUT2D eigenvalue weighted by molar-refractivity contribution is 5.99. The number of H-pyrrole nitrogens is 1. The highest BCUT2D eigenvalue weighted by atomic mass is 16.2. The molecule has 0 atom stereocenters. The van der Waals surface area contributed by atoms with Crippen LogP contribution in [0.15, 0.2) is 35.3 Å². The van der Waals surface area contributed by atoms with Gasteiger partial charge in [0.15, 0.2) is 5.65 Å². The number of aryl methyl sites for hydroxylation is 2. The first-order chi connectivity index (χ1) is 12.9. The molecule has 0 unspecified atom stereocenters. The van der Waals surface area contributed by atoms with Crippen molar-refractivity contribution in [3.8, 4) is 0 Å². The van der Waals surface area contributed by atoms with Gasteiger partial charge in [-0.05, 0) is 31.7 Å². The molecule has 2 aromatic heterocycles. The van der Waals surface area contributed by atoms with Gasteiger partial charge in [0.25, 0.3) is 11.5 Å². The van der Waals surface area contributed by atoms with E-state index in [0.717, 1.165) is 12.0 Å². The summed E-state index contributed by atoms with van der Waals surface area (Å²) >= 11 is 0. The number of amides is 1. The molecule has 0 aliphatic heterocycles. The second-order valence-electron chi connectivity index (χ2n) is 7.43. The SMILES string of the molecule is Cc1ccc(Cc2c(C)nc3c(C(=O)NCCC(C)C)c[nH]n3c2=O)cc1. The van der Waals surface area contributed by atoms with Gasteiger partial charge in [0.1, 0.15) is 5.56 Å². The Bertz CT molecular complexity index is 1010. The van der Waals surface area contributed by atoms with Crippen LogP contribution in [0.5, 0.6) is 0 Å². The number of aromatic amines is 1. The molecule has 0 spiro atoms. The number of aromatic nitrogens is 3. The standard InChI is InChI=1S/C21H26N4O2/c1-13(2)9-10-22-20(26)18-12-23-25-19(18)24-15(4)17(21(25)27)11-16-7-5-14(3)6-8-16/h5-8,12-13,23H,9-11H2,1-4H3,(H,22,26). The van der Waals surface area contributed by atoms with Crippen LogP contribution in [0, 0.1) is 19.8 Å². The molecule has 3 rings (SSSR count). The summed E-state index contributed by atoms with van der Waals surface area (Å²) in [7, 11) is 0. The molecule has 3 aromatic rings. The van der Waals surface area contributed by atoms with Gasteiger partial charge in [-0.1, -0.05) is 43.7 Å². The molecule has 0 aliphatic carbocycles. The number of nitrogens with one attached hydrogen (secondary N) is 2. The van der Waals surface area contributed by atoms with Crippen LogP contribution in [0.1, 0.15) is 53.0 Å². The minimum Gasteiger partial charge on any atom is -0.352 e. The molecule has 1 aromatic carbocycles. The zero-order valence-corrected chi connectivity index (χ0v) is 16.3. The number of benzene rings is 1. The van der Waals surface area contributed by atoms with Crippen molar-refractivity contribution in [3.63, 3.8) is 0 Å². The lowest BCUT2D eigenvalue weighted by Gasteiger charge is -2.08. The van der Waals surface area contributed by atoms with Crippen LogP contribution in [0.2, 0.25) is 0 Å². The summed E-state index contributed by atoms with van der Waals surface area (Å²) in [5.74, 6) is 0.299. The smallest absolute Gasteiger partial charge is 0.276 e. The predicted octanol–water partition coefficient (Wildman–Crippen LogP) is 3.01. The lowest BCUT2D eigenvalue weighted by atomic mass is 10.0. The molecule has 142 valence electrons. The molecule has 0 aliphatic rings. The van der Waals surface area contributed by atoms with Gasteiger partial charge in [0.2, 0.25) is 0 Å². The molecule has 0 saturated carbocycles. The van der Waals surface area contributed by atoms with Gasteiger partial charge in [0.05, 0.1) is 0 Å². The van der Waals surface area contributed by atoms with Crippen molar-refractivity contribution in [2.24, 2.45) is 5.92 Å². The summed E-state index contributed by atoms with van der Waals surface area (Å²) in [4.78, 5) is 29.9. The molecule has 27 heavy (non-hydrogen) atoms. The summed E-state index contributed by atoms with van der Waals surface area (Å²) in [6.45, 7) is 8.67. The summed E-state index contributed by atoms with van der Waals surface area (Å²) < 4.78 is 1.36. The Morgan fingerprint density at radius 3 is 2.59 bits per heavy atom. The number of rotatable bonds is 6. The predicted molar refractivity (Wildman–Crippen MR) is 106 cm³/mol. The van der Waals surface area contributed by atoms with Crippen LogP contribution in [-0.2, 0) is 6.42 Å². The average molecular weight is 366 g/mol. The molecule has 6 heteroatoms. The maximum Gasteiger partial charge on any atom is 0.276 e. The number of carbonyl (C=O) groups excluding carboxylic acids is 1. The van der Waals surface area contributed by atoms with E-state index in [9.17, 15) is 9.59 Å². The Hall–Kier alpha value is -2.89. The topological polar surface area (TPSA) is 79.3 Å². The second-order valence-corrected chi connectivity index (χ2v) is 7.43. The number of carbonyl (C=O) groups is 1. The highest BCUT2D eigenvalue weighted by Gasteiger charge is 2.18. The monoisotopic (exact) mass is 366 g/mol. The average Bonchev–Trinajstić information content (AvgIpc) is 3.03. The molecule has 0 fully saturated rings. The first-order valence-electron chi connectivity index (χ1n) is 9.30. The first-order valence-corrected chi connectivity index (χ1v) is 9.30. The van der Waals surface area contributed by atoms with Crippen molar-refractivity contribution in [2.45, 2.75) is 40.5 Å². The summed E-state index contributed by atoms with van der Waals surface area (Å²) in [5.41, 5.74) is 4.10. The van der Waals surface area contributed by atoms with E-state index in [-0.39, 0.29) is 11.5 Å². The van der Waals surface area contributed by atoms with Crippen molar-refractivity contribution < 1.29 is 4.79 Å². The largest absolute Gasteiger partial charge is 0.352 e. The third kappa shape index (κ3) is 4.10. The molecule has 1 amide bonds. The molecular formula is C21H26N4O2. The molecule has 0 bridgehead atoms. The quantitative estimate of drug-likeness (QED) is 0.704. The fourth-order valence-corrected chi connectivity index (χ4v) is 3.01. The normalized spacial score (nSPS) is 11.3. The van der Waals surface area contributed by atoms with E-state index in [0.29, 0.717) is 41.4 Å². The van der Waals surface area contributed by atoms with Crippen molar-refractivity contribution >= 4 is 11.6 Å². The second kappa shape index (κ2) is 7.78. The molecular weight excluding hydrogens is 340 g/mol. The minimum absolute atomic E-state index is 0.167. The first kappa shape index (κ1) is 18.9. The lowest BCUT2D eigenvalue weighted by molar-refractivity contribution is 0.0953. The van der Waals surface area contributed by atoms with Crippen LogP contribution in [0.25, 0.3) is 5.65 Å². The van der Waals surface area contributed by atoms with Crippen LogP contribution < -0.4 is 10.9 Å². The van der Waals surface area contributed by atoms with E-state index in [4.69, 9.17) is 0 Å². The van der Waals surface area contributed by atoms with Gasteiger partial charge in [-0.2, -0.15) is 0 Å². The summed E-state index contributed by atoms with van der Waals surface area (Å²) in [5, 5.41) is 5.77. The van der Waals surface area contributed by atoms with Gasteiger partial charge >= 0.3 is 0 Å². The minimum atomic E-state index is -0.216. The molecule has 6 nitrogen and oxygen atoms in total. The van der Waals surface area contributed by atoms with E-state index in [1.54, 1.807) is 6.20 Å². The van der Waals surface area contributed by atoms with Crippen LogP contribution in [0.3, 0.4) is 0 Å². The maximum atomic E-state index is 12.9. The number of hydrogen-bond acceptors (Lipinski definition) is 3. The van der Waals surface area contributed by atoms with E-state index >= 15 is 0 Å². The van der Waals surface area contributed by atoms with Gasteiger partial charge < -0.3 is 5.32 Å². The Kier molecular flexibility index (Phi) is 5.44. The zero-order chi connectivity index (χ0) is 19.6. The van der Waals surface area contributed by atoms with Crippen molar-refractivity contribution in [1.29, 1.82) is 0 Å². The van der Waals surface area contributed by atoms with Crippen molar-refractivity contribution in [3.05, 3.63) is 68.8 Å². The molecule has 2 heterocycles. The van der Waals surface area contributed by atoms with Gasteiger partial charge in [-0.15, -0.1) is 0 Å². The molecule has 2 N–H and O–H groups in total. The third-order valence-electron chi connectivity index (χ3n) is 4.72. The molecule has 0 saturated heterocycles. The van der Waals surface area contributed by atoms with Crippen LogP contribution >= 0.6 is 0 Å². The summed E-state index contributed by atoms with van der Waals surface area (Å²) in [6, 6.07) is 8.10. The Morgan fingerprint density at radius 1 is 1.22 bits per heavy atom. The van der Waals surface area contributed by atoms with Crippen LogP contribution in [-0.4, -0.2) is 27.0 Å². The van der Waals surface area contributed by atoms with E-state index in [1.165, 1.54) is 10.1 Å². The number of hydrogen-bond donors (Lipinski definition) is 2.